The molecule has 0 saturated carbocycles. The fourth-order valence-electron chi connectivity index (χ4n) is 4.28. The highest BCUT2D eigenvalue weighted by molar-refractivity contribution is 6.09. The van der Waals surface area contributed by atoms with Crippen molar-refractivity contribution >= 4 is 34.0 Å². The summed E-state index contributed by atoms with van der Waals surface area (Å²) in [4.78, 5) is 53.2. The summed E-state index contributed by atoms with van der Waals surface area (Å²) < 4.78 is 2.26. The molecule has 0 saturated heterocycles. The van der Waals surface area contributed by atoms with E-state index in [-0.39, 0.29) is 22.6 Å². The van der Waals surface area contributed by atoms with Crippen LogP contribution in [0.2, 0.25) is 0 Å². The number of H-pyrrole nitrogens is 1. The van der Waals surface area contributed by atoms with E-state index < -0.39 is 27.9 Å². The van der Waals surface area contributed by atoms with E-state index in [1.807, 2.05) is 24.3 Å². The molecule has 0 amide bonds. The Morgan fingerprint density at radius 1 is 1.00 bits per heavy atom. The van der Waals surface area contributed by atoms with Crippen LogP contribution < -0.4 is 16.6 Å². The molecule has 160 valence electrons. The number of rotatable bonds is 3. The maximum Gasteiger partial charge on any atom is 0.332 e. The predicted molar refractivity (Wildman–Crippen MR) is 118 cm³/mol. The normalized spacial score (nSPS) is 14.5. The summed E-state index contributed by atoms with van der Waals surface area (Å²) in [5, 5.41) is 14.9. The quantitative estimate of drug-likeness (QED) is 0.291. The number of nitrogens with one attached hydrogen (secondary N) is 2. The number of carbonyl (C=O) groups is 1. The Morgan fingerprint density at radius 2 is 1.69 bits per heavy atom. The van der Waals surface area contributed by atoms with Gasteiger partial charge in [0.1, 0.15) is 11.6 Å². The summed E-state index contributed by atoms with van der Waals surface area (Å²) in [6.45, 7) is 0. The van der Waals surface area contributed by atoms with Crippen molar-refractivity contribution in [3.8, 4) is 0 Å². The van der Waals surface area contributed by atoms with Gasteiger partial charge in [0.15, 0.2) is 5.78 Å². The number of benzene rings is 2. The number of hydrogen-bond acceptors (Lipinski definition) is 6. The molecule has 1 atom stereocenters. The van der Waals surface area contributed by atoms with E-state index >= 15 is 0 Å². The van der Waals surface area contributed by atoms with Gasteiger partial charge in [-0.05, 0) is 18.2 Å². The molecule has 10 heteroatoms. The maximum absolute atomic E-state index is 13.8. The molecule has 32 heavy (non-hydrogen) atoms. The minimum atomic E-state index is -1.01. The number of nitro benzene ring substituents is 1. The first-order valence-corrected chi connectivity index (χ1v) is 9.75. The van der Waals surface area contributed by atoms with E-state index in [4.69, 9.17) is 0 Å². The van der Waals surface area contributed by atoms with Gasteiger partial charge in [0.2, 0.25) is 0 Å². The van der Waals surface area contributed by atoms with E-state index in [9.17, 15) is 24.5 Å². The van der Waals surface area contributed by atoms with E-state index in [0.29, 0.717) is 11.4 Å². The molecule has 0 bridgehead atoms. The van der Waals surface area contributed by atoms with Crippen molar-refractivity contribution in [1.29, 1.82) is 0 Å². The first-order valence-electron chi connectivity index (χ1n) is 9.75. The van der Waals surface area contributed by atoms with Crippen LogP contribution in [-0.4, -0.2) is 24.8 Å². The van der Waals surface area contributed by atoms with Crippen LogP contribution in [0.5, 0.6) is 0 Å². The topological polar surface area (TPSA) is 132 Å². The Kier molecular flexibility index (Phi) is 4.12. The lowest BCUT2D eigenvalue weighted by molar-refractivity contribution is -0.384. The number of para-hydroxylation sites is 1. The summed E-state index contributed by atoms with van der Waals surface area (Å²) in [6, 6.07) is 12.6. The Bertz CT molecular complexity index is 1560. The molecule has 0 radical (unpaired) electrons. The summed E-state index contributed by atoms with van der Waals surface area (Å²) in [5.41, 5.74) is 0.483. The van der Waals surface area contributed by atoms with Crippen LogP contribution >= 0.6 is 0 Å². The molecular formula is C22H17N5O5. The Hall–Kier alpha value is -4.47. The average Bonchev–Trinajstić information content (AvgIpc) is 3.18. The minimum Gasteiger partial charge on any atom is -0.341 e. The number of aromatic nitrogens is 3. The Morgan fingerprint density at radius 3 is 2.38 bits per heavy atom. The minimum absolute atomic E-state index is 0.140. The molecule has 1 aliphatic heterocycles. The van der Waals surface area contributed by atoms with Gasteiger partial charge in [0.05, 0.1) is 16.4 Å². The lowest BCUT2D eigenvalue weighted by atomic mass is 9.82. The molecule has 1 unspecified atom stereocenters. The van der Waals surface area contributed by atoms with Crippen molar-refractivity contribution in [2.45, 2.75) is 5.92 Å². The molecule has 0 aliphatic carbocycles. The Balaban J connectivity index is 1.81. The zero-order chi connectivity index (χ0) is 22.7. The van der Waals surface area contributed by atoms with Gasteiger partial charge >= 0.3 is 5.69 Å². The maximum atomic E-state index is 13.8. The van der Waals surface area contributed by atoms with Crippen molar-refractivity contribution in [3.63, 3.8) is 0 Å². The largest absolute Gasteiger partial charge is 0.341 e. The Labute approximate surface area is 179 Å². The lowest BCUT2D eigenvalue weighted by Crippen LogP contribution is -2.43. The third kappa shape index (κ3) is 2.62. The fraction of sp³-hybridized carbons (Fsp3) is 0.136. The molecule has 2 aromatic carbocycles. The van der Waals surface area contributed by atoms with Crippen LogP contribution in [0.15, 0.2) is 58.1 Å². The van der Waals surface area contributed by atoms with Crippen LogP contribution in [0.3, 0.4) is 0 Å². The lowest BCUT2D eigenvalue weighted by Gasteiger charge is -2.27. The van der Waals surface area contributed by atoms with Crippen molar-refractivity contribution < 1.29 is 9.72 Å². The molecule has 5 rings (SSSR count). The van der Waals surface area contributed by atoms with Crippen LogP contribution in [-0.2, 0) is 14.1 Å². The molecule has 0 spiro atoms. The predicted octanol–water partition coefficient (Wildman–Crippen LogP) is 2.55. The van der Waals surface area contributed by atoms with Gasteiger partial charge in [-0.3, -0.25) is 28.8 Å². The van der Waals surface area contributed by atoms with Gasteiger partial charge in [0, 0.05) is 48.3 Å². The molecule has 2 aromatic heterocycles. The highest BCUT2D eigenvalue weighted by Crippen LogP contribution is 2.44. The number of nitro groups is 1. The van der Waals surface area contributed by atoms with Gasteiger partial charge in [-0.2, -0.15) is 0 Å². The SMILES string of the molecule is Cn1c2c(c(=O)n(C)c1=O)C(C(=O)c1ccc([N+](=O)[O-])cc1)c1c([nH]c3ccccc13)N2. The fourth-order valence-corrected chi connectivity index (χ4v) is 4.28. The van der Waals surface area contributed by atoms with E-state index in [1.54, 1.807) is 0 Å². The van der Waals surface area contributed by atoms with Crippen molar-refractivity contribution in [3.05, 3.63) is 96.2 Å². The van der Waals surface area contributed by atoms with Gasteiger partial charge in [0.25, 0.3) is 11.2 Å². The number of carbonyl (C=O) groups excluding carboxylic acids is 1. The van der Waals surface area contributed by atoms with Gasteiger partial charge in [-0.1, -0.05) is 18.2 Å². The van der Waals surface area contributed by atoms with Crippen LogP contribution in [0.4, 0.5) is 17.3 Å². The summed E-state index contributed by atoms with van der Waals surface area (Å²) in [5.74, 6) is -0.659. The number of fused-ring (bicyclic) bond motifs is 4. The van der Waals surface area contributed by atoms with Crippen LogP contribution in [0.1, 0.15) is 27.4 Å². The third-order valence-corrected chi connectivity index (χ3v) is 5.89. The number of hydrogen-bond donors (Lipinski definition) is 2. The van der Waals surface area contributed by atoms with Crippen molar-refractivity contribution in [2.24, 2.45) is 14.1 Å². The molecule has 4 aromatic rings. The molecule has 3 heterocycles. The number of Topliss-reactive ketones (excluding diaryl/α,β-unsaturated/α-hetero) is 1. The smallest absolute Gasteiger partial charge is 0.332 e. The highest BCUT2D eigenvalue weighted by atomic mass is 16.6. The number of nitrogens with zero attached hydrogens (tertiary/aromatic N) is 3. The van der Waals surface area contributed by atoms with Crippen LogP contribution in [0.25, 0.3) is 10.9 Å². The number of ketones is 1. The number of anilines is 2. The third-order valence-electron chi connectivity index (χ3n) is 5.89. The standard InChI is InChI=1S/C22H17N5O5/c1-25-20-17(21(29)26(2)22(25)30)16(18(28)11-7-9-12(10-8-11)27(31)32)15-13-5-3-4-6-14(13)23-19(15)24-20/h3-10,16,23-24H,1-2H3. The molecule has 1 aliphatic rings. The summed E-state index contributed by atoms with van der Waals surface area (Å²) in [6.07, 6.45) is 0. The second-order valence-electron chi connectivity index (χ2n) is 7.65. The summed E-state index contributed by atoms with van der Waals surface area (Å²) in [7, 11) is 2.89. The van der Waals surface area contributed by atoms with E-state index in [2.05, 4.69) is 10.3 Å². The molecule has 2 N–H and O–H groups in total. The van der Waals surface area contributed by atoms with Crippen molar-refractivity contribution in [2.75, 3.05) is 5.32 Å². The number of aromatic amines is 1. The van der Waals surface area contributed by atoms with Gasteiger partial charge in [-0.25, -0.2) is 4.79 Å². The first kappa shape index (κ1) is 19.5. The average molecular weight is 431 g/mol. The zero-order valence-corrected chi connectivity index (χ0v) is 17.1. The molecule has 0 fully saturated rings. The monoisotopic (exact) mass is 431 g/mol. The van der Waals surface area contributed by atoms with Gasteiger partial charge in [-0.15, -0.1) is 0 Å². The first-order chi connectivity index (χ1) is 15.3. The second kappa shape index (κ2) is 6.77. The van der Waals surface area contributed by atoms with Crippen molar-refractivity contribution in [1.82, 2.24) is 14.1 Å². The molecular weight excluding hydrogens is 414 g/mol. The van der Waals surface area contributed by atoms with Crippen LogP contribution in [0, 0.1) is 10.1 Å². The highest BCUT2D eigenvalue weighted by Gasteiger charge is 2.38. The molecule has 10 nitrogen and oxygen atoms in total. The number of non-ortho nitro benzene ring substituents is 1. The second-order valence-corrected chi connectivity index (χ2v) is 7.65. The van der Waals surface area contributed by atoms with E-state index in [1.165, 1.54) is 42.9 Å². The van der Waals surface area contributed by atoms with E-state index in [0.717, 1.165) is 15.5 Å². The summed E-state index contributed by atoms with van der Waals surface area (Å²) >= 11 is 0. The zero-order valence-electron chi connectivity index (χ0n) is 17.1. The van der Waals surface area contributed by atoms with Gasteiger partial charge < -0.3 is 10.3 Å².